The van der Waals surface area contributed by atoms with E-state index in [1.165, 1.54) is 4.90 Å². The van der Waals surface area contributed by atoms with Gasteiger partial charge in [0.2, 0.25) is 5.91 Å². The number of aryl methyl sites for hydroxylation is 1. The van der Waals surface area contributed by atoms with Gasteiger partial charge in [0, 0.05) is 32.6 Å². The lowest BCUT2D eigenvalue weighted by Crippen LogP contribution is -2.43. The van der Waals surface area contributed by atoms with E-state index in [1.807, 2.05) is 37.3 Å². The normalized spacial score (nSPS) is 16.9. The Labute approximate surface area is 199 Å². The molecule has 8 nitrogen and oxygen atoms in total. The molecule has 8 heteroatoms. The second kappa shape index (κ2) is 10.8. The first kappa shape index (κ1) is 23.9. The molecular weight excluding hydrogens is 434 g/mol. The Morgan fingerprint density at radius 2 is 1.76 bits per heavy atom. The summed E-state index contributed by atoms with van der Waals surface area (Å²) in [6.07, 6.45) is 0.659. The molecule has 0 aliphatic carbocycles. The van der Waals surface area contributed by atoms with Crippen LogP contribution in [0.1, 0.15) is 50.7 Å². The first-order chi connectivity index (χ1) is 16.5. The quantitative estimate of drug-likeness (QED) is 0.573. The van der Waals surface area contributed by atoms with E-state index >= 15 is 0 Å². The maximum absolute atomic E-state index is 12.6. The molecule has 0 spiro atoms. The van der Waals surface area contributed by atoms with Gasteiger partial charge in [0.15, 0.2) is 0 Å². The molecular formula is C26H31N3O5. The van der Waals surface area contributed by atoms with E-state index in [-0.39, 0.29) is 36.7 Å². The molecule has 1 saturated heterocycles. The van der Waals surface area contributed by atoms with Crippen LogP contribution in [-0.4, -0.2) is 74.0 Å². The monoisotopic (exact) mass is 465 g/mol. The summed E-state index contributed by atoms with van der Waals surface area (Å²) in [6.45, 7) is 5.52. The van der Waals surface area contributed by atoms with Crippen LogP contribution in [0.5, 0.6) is 5.75 Å². The Bertz CT molecular complexity index is 1050. The number of benzene rings is 2. The van der Waals surface area contributed by atoms with Gasteiger partial charge >= 0.3 is 0 Å². The lowest BCUT2D eigenvalue weighted by molar-refractivity contribution is -0.121. The Balaban J connectivity index is 1.31. The Morgan fingerprint density at radius 3 is 2.47 bits per heavy atom. The fraction of sp³-hybridized carbons (Fsp3) is 0.423. The van der Waals surface area contributed by atoms with Gasteiger partial charge in [0.05, 0.1) is 37.5 Å². The van der Waals surface area contributed by atoms with Crippen LogP contribution in [-0.2, 0) is 9.53 Å². The Hall–Kier alpha value is -3.23. The van der Waals surface area contributed by atoms with E-state index in [9.17, 15) is 14.4 Å². The zero-order valence-corrected chi connectivity index (χ0v) is 19.7. The zero-order chi connectivity index (χ0) is 24.1. The van der Waals surface area contributed by atoms with Crippen molar-refractivity contribution in [3.63, 3.8) is 0 Å². The Morgan fingerprint density at radius 1 is 1.06 bits per heavy atom. The predicted molar refractivity (Wildman–Crippen MR) is 127 cm³/mol. The molecule has 1 fully saturated rings. The van der Waals surface area contributed by atoms with E-state index in [0.717, 1.165) is 30.0 Å². The van der Waals surface area contributed by atoms with Crippen molar-refractivity contribution in [3.8, 4) is 5.75 Å². The van der Waals surface area contributed by atoms with Gasteiger partial charge in [0.1, 0.15) is 5.75 Å². The number of rotatable bonds is 9. The number of imide groups is 1. The summed E-state index contributed by atoms with van der Waals surface area (Å²) < 4.78 is 10.8. The van der Waals surface area contributed by atoms with Crippen LogP contribution >= 0.6 is 0 Å². The van der Waals surface area contributed by atoms with Crippen molar-refractivity contribution in [1.82, 2.24) is 15.1 Å². The zero-order valence-electron chi connectivity index (χ0n) is 19.7. The second-order valence-corrected chi connectivity index (χ2v) is 8.66. The van der Waals surface area contributed by atoms with Gasteiger partial charge in [-0.15, -0.1) is 0 Å². The van der Waals surface area contributed by atoms with Crippen LogP contribution in [0.25, 0.3) is 0 Å². The molecule has 1 N–H and O–H groups in total. The molecule has 0 aromatic heterocycles. The number of carbonyl (C=O) groups excluding carboxylic acids is 3. The number of amides is 3. The molecule has 0 radical (unpaired) electrons. The third-order valence-electron chi connectivity index (χ3n) is 6.39. The first-order valence-corrected chi connectivity index (χ1v) is 11.7. The van der Waals surface area contributed by atoms with Gasteiger partial charge in [-0.25, -0.2) is 0 Å². The number of ether oxygens (including phenoxy) is 2. The van der Waals surface area contributed by atoms with Crippen LogP contribution in [0.2, 0.25) is 0 Å². The molecule has 0 unspecified atom stereocenters. The molecule has 2 aliphatic heterocycles. The van der Waals surface area contributed by atoms with Gasteiger partial charge in [0.25, 0.3) is 11.8 Å². The van der Waals surface area contributed by atoms with E-state index < -0.39 is 0 Å². The highest BCUT2D eigenvalue weighted by atomic mass is 16.5. The number of carbonyl (C=O) groups is 3. The molecule has 1 atom stereocenters. The Kier molecular flexibility index (Phi) is 7.59. The molecule has 0 saturated carbocycles. The number of hydrogen-bond donors (Lipinski definition) is 1. The number of nitrogens with zero attached hydrogens (tertiary/aromatic N) is 2. The van der Waals surface area contributed by atoms with Crippen LogP contribution < -0.4 is 10.1 Å². The molecule has 2 aromatic carbocycles. The molecule has 4 rings (SSSR count). The third-order valence-corrected chi connectivity index (χ3v) is 6.39. The molecule has 2 aromatic rings. The molecule has 2 aliphatic rings. The van der Waals surface area contributed by atoms with Crippen LogP contribution in [0.3, 0.4) is 0 Å². The van der Waals surface area contributed by atoms with E-state index in [4.69, 9.17) is 9.47 Å². The topological polar surface area (TPSA) is 88.2 Å². The first-order valence-electron chi connectivity index (χ1n) is 11.7. The van der Waals surface area contributed by atoms with Crippen molar-refractivity contribution in [1.29, 1.82) is 0 Å². The van der Waals surface area contributed by atoms with Crippen LogP contribution in [0, 0.1) is 6.92 Å². The summed E-state index contributed by atoms with van der Waals surface area (Å²) in [4.78, 5) is 41.3. The van der Waals surface area contributed by atoms with Crippen LogP contribution in [0.4, 0.5) is 0 Å². The maximum Gasteiger partial charge on any atom is 0.261 e. The summed E-state index contributed by atoms with van der Waals surface area (Å²) in [6, 6.07) is 13.2. The van der Waals surface area contributed by atoms with Gasteiger partial charge < -0.3 is 14.8 Å². The van der Waals surface area contributed by atoms with Crippen molar-refractivity contribution in [3.05, 3.63) is 64.7 Å². The minimum absolute atomic E-state index is 0.0261. The number of fused-ring (bicyclic) bond motifs is 1. The fourth-order valence-electron chi connectivity index (χ4n) is 4.48. The fourth-order valence-corrected chi connectivity index (χ4v) is 4.48. The number of methoxy groups -OCH3 is 1. The molecule has 2 heterocycles. The minimum Gasteiger partial charge on any atom is -0.497 e. The number of morpholine rings is 1. The highest BCUT2D eigenvalue weighted by Crippen LogP contribution is 2.25. The largest absolute Gasteiger partial charge is 0.497 e. The van der Waals surface area contributed by atoms with Crippen LogP contribution in [0.15, 0.2) is 42.5 Å². The van der Waals surface area contributed by atoms with Crippen molar-refractivity contribution >= 4 is 17.7 Å². The number of hydrogen-bond acceptors (Lipinski definition) is 6. The highest BCUT2D eigenvalue weighted by molar-refractivity contribution is 6.21. The molecule has 3 amide bonds. The summed E-state index contributed by atoms with van der Waals surface area (Å²) in [5, 5.41) is 3.04. The highest BCUT2D eigenvalue weighted by Gasteiger charge is 2.35. The van der Waals surface area contributed by atoms with Gasteiger partial charge in [-0.05, 0) is 43.2 Å². The van der Waals surface area contributed by atoms with E-state index in [0.29, 0.717) is 37.3 Å². The van der Waals surface area contributed by atoms with Gasteiger partial charge in [-0.1, -0.05) is 23.8 Å². The SMILES string of the molecule is COc1ccc([C@@H](CNC(=O)CCCN2C(=O)c3ccc(C)cc3C2=O)N2CCOCC2)cc1. The summed E-state index contributed by atoms with van der Waals surface area (Å²) in [5.41, 5.74) is 2.92. The summed E-state index contributed by atoms with van der Waals surface area (Å²) >= 11 is 0. The summed E-state index contributed by atoms with van der Waals surface area (Å²) in [7, 11) is 1.64. The van der Waals surface area contributed by atoms with Gasteiger partial charge in [-0.2, -0.15) is 0 Å². The summed E-state index contributed by atoms with van der Waals surface area (Å²) in [5.74, 6) is 0.124. The second-order valence-electron chi connectivity index (χ2n) is 8.66. The lowest BCUT2D eigenvalue weighted by atomic mass is 10.0. The smallest absolute Gasteiger partial charge is 0.261 e. The maximum atomic E-state index is 12.6. The predicted octanol–water partition coefficient (Wildman–Crippen LogP) is 2.57. The molecule has 180 valence electrons. The van der Waals surface area contributed by atoms with Crippen molar-refractivity contribution in [2.24, 2.45) is 0 Å². The average molecular weight is 466 g/mol. The average Bonchev–Trinajstić information content (AvgIpc) is 3.09. The van der Waals surface area contributed by atoms with E-state index in [2.05, 4.69) is 10.2 Å². The lowest BCUT2D eigenvalue weighted by Gasteiger charge is -2.35. The standard InChI is InChI=1S/C26H31N3O5/c1-18-5-10-21-22(16-18)26(32)29(25(21)31)11-3-4-24(30)27-17-23(28-12-14-34-15-13-28)19-6-8-20(33-2)9-7-19/h5-10,16,23H,3-4,11-15,17H2,1-2H3,(H,27,30)/t23-/m1/s1. The number of nitrogens with one attached hydrogen (secondary N) is 1. The van der Waals surface area contributed by atoms with Crippen molar-refractivity contribution in [2.45, 2.75) is 25.8 Å². The van der Waals surface area contributed by atoms with E-state index in [1.54, 1.807) is 19.2 Å². The van der Waals surface area contributed by atoms with Gasteiger partial charge in [-0.3, -0.25) is 24.2 Å². The minimum atomic E-state index is -0.285. The molecule has 0 bridgehead atoms. The van der Waals surface area contributed by atoms with Crippen molar-refractivity contribution < 1.29 is 23.9 Å². The third kappa shape index (κ3) is 5.29. The molecule has 34 heavy (non-hydrogen) atoms. The van der Waals surface area contributed by atoms with Crippen molar-refractivity contribution in [2.75, 3.05) is 46.5 Å².